The molecule has 0 saturated heterocycles. The first kappa shape index (κ1) is 13.7. The molecular formula is C8H12Cl2S. The van der Waals surface area contributed by atoms with Gasteiger partial charge in [0, 0.05) is 0 Å². The molecule has 0 fully saturated rings. The van der Waals surface area contributed by atoms with E-state index in [4.69, 9.17) is 23.2 Å². The first-order chi connectivity index (χ1) is 4.81. The maximum atomic E-state index is 4.76. The number of hydrogen-bond donors (Lipinski definition) is 0. The van der Waals surface area contributed by atoms with E-state index in [9.17, 15) is 0 Å². The molecule has 0 aliphatic rings. The van der Waals surface area contributed by atoms with Gasteiger partial charge in [-0.05, 0) is 6.92 Å². The van der Waals surface area contributed by atoms with Gasteiger partial charge in [-0.15, -0.1) is 23.2 Å². The van der Waals surface area contributed by atoms with Gasteiger partial charge >= 0.3 is 0 Å². The van der Waals surface area contributed by atoms with Crippen molar-refractivity contribution in [2.45, 2.75) is 6.92 Å². The lowest BCUT2D eigenvalue weighted by Gasteiger charge is -1.82. The summed E-state index contributed by atoms with van der Waals surface area (Å²) in [4.78, 5) is 0. The first-order valence-electron chi connectivity index (χ1n) is 2.95. The zero-order chi connectivity index (χ0) is 7.82. The monoisotopic (exact) mass is 210 g/mol. The van der Waals surface area contributed by atoms with Crippen molar-refractivity contribution in [1.29, 1.82) is 0 Å². The third-order valence-electron chi connectivity index (χ3n) is 0.940. The van der Waals surface area contributed by atoms with E-state index in [2.05, 4.69) is 19.1 Å². The average Bonchev–Trinajstić information content (AvgIpc) is 1.91. The van der Waals surface area contributed by atoms with Crippen molar-refractivity contribution in [3.05, 3.63) is 35.9 Å². The normalized spacial score (nSPS) is 7.18. The molecule has 1 rings (SSSR count). The standard InChI is InChI=1S/C7H8.CH2Cl2.H2S/c1-7-5-3-2-4-6-7;2-1-3;/h2-6H,1H3;1H2;1H2. The van der Waals surface area contributed by atoms with E-state index in [1.54, 1.807) is 0 Å². The molecule has 0 atom stereocenters. The van der Waals surface area contributed by atoms with Crippen LogP contribution in [0.1, 0.15) is 5.56 Å². The minimum Gasteiger partial charge on any atom is -0.197 e. The van der Waals surface area contributed by atoms with Gasteiger partial charge in [0.1, 0.15) is 0 Å². The number of benzene rings is 1. The fourth-order valence-corrected chi connectivity index (χ4v) is 0.534. The summed E-state index contributed by atoms with van der Waals surface area (Å²) in [7, 11) is 0. The van der Waals surface area contributed by atoms with Crippen LogP contribution in [0.4, 0.5) is 0 Å². The summed E-state index contributed by atoms with van der Waals surface area (Å²) in [6.07, 6.45) is 0. The Kier molecular flexibility index (Phi) is 12.7. The van der Waals surface area contributed by atoms with E-state index < -0.39 is 0 Å². The first-order valence-corrected chi connectivity index (χ1v) is 4.01. The van der Waals surface area contributed by atoms with Crippen molar-refractivity contribution < 1.29 is 0 Å². The zero-order valence-electron chi connectivity index (χ0n) is 6.35. The Morgan fingerprint density at radius 1 is 1.09 bits per heavy atom. The lowest BCUT2D eigenvalue weighted by Crippen LogP contribution is -1.62. The summed E-state index contributed by atoms with van der Waals surface area (Å²) >= 11 is 9.53. The highest BCUT2D eigenvalue weighted by molar-refractivity contribution is 7.59. The molecule has 1 aromatic rings. The van der Waals surface area contributed by atoms with E-state index in [1.807, 2.05) is 18.2 Å². The molecule has 0 aliphatic carbocycles. The molecule has 0 N–H and O–H groups in total. The van der Waals surface area contributed by atoms with Crippen LogP contribution in [0.25, 0.3) is 0 Å². The van der Waals surface area contributed by atoms with Crippen LogP contribution < -0.4 is 0 Å². The van der Waals surface area contributed by atoms with Crippen molar-refractivity contribution >= 4 is 36.7 Å². The summed E-state index contributed by atoms with van der Waals surface area (Å²) in [5.74, 6) is 0. The zero-order valence-corrected chi connectivity index (χ0v) is 8.86. The Morgan fingerprint density at radius 3 is 1.64 bits per heavy atom. The molecule has 0 heterocycles. The quantitative estimate of drug-likeness (QED) is 0.576. The predicted molar refractivity (Wildman–Crippen MR) is 58.1 cm³/mol. The van der Waals surface area contributed by atoms with Crippen molar-refractivity contribution in [3.63, 3.8) is 0 Å². The molecule has 1 aromatic carbocycles. The molecular weight excluding hydrogens is 199 g/mol. The van der Waals surface area contributed by atoms with Crippen LogP contribution in [0.5, 0.6) is 0 Å². The van der Waals surface area contributed by atoms with E-state index in [0.717, 1.165) is 0 Å². The van der Waals surface area contributed by atoms with Gasteiger partial charge in [-0.1, -0.05) is 35.9 Å². The Balaban J connectivity index is 0. The molecule has 0 unspecified atom stereocenters. The average molecular weight is 211 g/mol. The van der Waals surface area contributed by atoms with Gasteiger partial charge in [0.15, 0.2) is 0 Å². The summed E-state index contributed by atoms with van der Waals surface area (Å²) in [5.41, 5.74) is 1.32. The lowest BCUT2D eigenvalue weighted by atomic mass is 10.2. The molecule has 3 heteroatoms. The van der Waals surface area contributed by atoms with Crippen LogP contribution in [0, 0.1) is 6.92 Å². The smallest absolute Gasteiger partial charge is 0.0967 e. The van der Waals surface area contributed by atoms with E-state index in [0.29, 0.717) is 0 Å². The molecule has 0 bridgehead atoms. The van der Waals surface area contributed by atoms with Crippen LogP contribution in [0.15, 0.2) is 30.3 Å². The Hall–Kier alpha value is 0.150. The fourth-order valence-electron chi connectivity index (χ4n) is 0.534. The summed E-state index contributed by atoms with van der Waals surface area (Å²) in [6, 6.07) is 10.3. The third-order valence-corrected chi connectivity index (χ3v) is 0.940. The Bertz CT molecular complexity index is 153. The summed E-state index contributed by atoms with van der Waals surface area (Å²) < 4.78 is 0. The molecule has 0 radical (unpaired) electrons. The Morgan fingerprint density at radius 2 is 1.45 bits per heavy atom. The molecule has 0 amide bonds. The third kappa shape index (κ3) is 10.2. The van der Waals surface area contributed by atoms with Crippen molar-refractivity contribution in [1.82, 2.24) is 0 Å². The topological polar surface area (TPSA) is 0 Å². The van der Waals surface area contributed by atoms with Crippen LogP contribution >= 0.6 is 36.7 Å². The highest BCUT2D eigenvalue weighted by Crippen LogP contribution is 1.92. The van der Waals surface area contributed by atoms with E-state index in [1.165, 1.54) is 5.56 Å². The Labute approximate surface area is 85.0 Å². The van der Waals surface area contributed by atoms with Crippen LogP contribution in [0.3, 0.4) is 0 Å². The highest BCUT2D eigenvalue weighted by Gasteiger charge is 1.72. The maximum absolute atomic E-state index is 4.76. The van der Waals surface area contributed by atoms with Gasteiger partial charge < -0.3 is 0 Å². The minimum atomic E-state index is 0. The highest BCUT2D eigenvalue weighted by atomic mass is 35.5. The second-order valence-electron chi connectivity index (χ2n) is 1.76. The molecule has 11 heavy (non-hydrogen) atoms. The maximum Gasteiger partial charge on any atom is 0.0967 e. The van der Waals surface area contributed by atoms with Gasteiger partial charge in [0.05, 0.1) is 5.34 Å². The summed E-state index contributed by atoms with van der Waals surface area (Å²) in [6.45, 7) is 2.08. The van der Waals surface area contributed by atoms with Crippen LogP contribution in [0.2, 0.25) is 0 Å². The van der Waals surface area contributed by atoms with Gasteiger partial charge in [-0.2, -0.15) is 13.5 Å². The number of hydrogen-bond acceptors (Lipinski definition) is 0. The van der Waals surface area contributed by atoms with Crippen molar-refractivity contribution in [2.75, 3.05) is 5.34 Å². The van der Waals surface area contributed by atoms with Gasteiger partial charge in [-0.25, -0.2) is 0 Å². The van der Waals surface area contributed by atoms with Gasteiger partial charge in [0.2, 0.25) is 0 Å². The second-order valence-corrected chi connectivity index (χ2v) is 2.56. The van der Waals surface area contributed by atoms with E-state index >= 15 is 0 Å². The largest absolute Gasteiger partial charge is 0.197 e. The number of halogens is 2. The van der Waals surface area contributed by atoms with Crippen LogP contribution in [-0.4, -0.2) is 5.34 Å². The number of alkyl halides is 2. The fraction of sp³-hybridized carbons (Fsp3) is 0.250. The van der Waals surface area contributed by atoms with Crippen molar-refractivity contribution in [3.8, 4) is 0 Å². The lowest BCUT2D eigenvalue weighted by molar-refractivity contribution is 1.48. The molecule has 64 valence electrons. The van der Waals surface area contributed by atoms with Crippen molar-refractivity contribution in [2.24, 2.45) is 0 Å². The summed E-state index contributed by atoms with van der Waals surface area (Å²) in [5, 5.41) is 0.194. The van der Waals surface area contributed by atoms with E-state index in [-0.39, 0.29) is 18.8 Å². The molecule has 0 aromatic heterocycles. The van der Waals surface area contributed by atoms with Gasteiger partial charge in [0.25, 0.3) is 0 Å². The minimum absolute atomic E-state index is 0. The second kappa shape index (κ2) is 10.2. The molecule has 0 saturated carbocycles. The predicted octanol–water partition coefficient (Wildman–Crippen LogP) is 3.53. The molecule has 0 spiro atoms. The van der Waals surface area contributed by atoms with Crippen LogP contribution in [-0.2, 0) is 0 Å². The van der Waals surface area contributed by atoms with Gasteiger partial charge in [-0.3, -0.25) is 0 Å². The molecule has 0 nitrogen and oxygen atoms in total. The number of aryl methyl sites for hydroxylation is 1. The number of rotatable bonds is 0. The molecule has 0 aliphatic heterocycles. The SMILES string of the molecule is Cc1ccccc1.ClCCl.S.